The number of carboxylic acids is 1. The van der Waals surface area contributed by atoms with Crippen LogP contribution in [0, 0.1) is 11.8 Å². The highest BCUT2D eigenvalue weighted by Crippen LogP contribution is 2.33. The van der Waals surface area contributed by atoms with Crippen LogP contribution in [0.4, 0.5) is 4.79 Å². The number of urea groups is 1. The molecule has 2 aliphatic rings. The Balaban J connectivity index is 1.61. The van der Waals surface area contributed by atoms with Crippen LogP contribution < -0.4 is 10.1 Å². The Hall–Kier alpha value is -2.24. The van der Waals surface area contributed by atoms with Crippen LogP contribution in [0.2, 0.25) is 0 Å². The summed E-state index contributed by atoms with van der Waals surface area (Å²) in [5.74, 6) is 0.0943. The number of aliphatic carboxylic acids is 1. The zero-order chi connectivity index (χ0) is 18.7. The molecule has 1 aromatic rings. The molecule has 6 nitrogen and oxygen atoms in total. The lowest BCUT2D eigenvalue weighted by Gasteiger charge is -2.35. The number of ether oxygens (including phenoxy) is 1. The van der Waals surface area contributed by atoms with E-state index in [0.717, 1.165) is 25.0 Å². The first kappa shape index (κ1) is 18.5. The molecule has 0 aromatic heterocycles. The van der Waals surface area contributed by atoms with Crippen LogP contribution in [0.25, 0.3) is 0 Å². The fourth-order valence-electron chi connectivity index (χ4n) is 4.25. The third-order valence-corrected chi connectivity index (χ3v) is 5.58. The van der Waals surface area contributed by atoms with Gasteiger partial charge in [-0.25, -0.2) is 4.79 Å². The first-order chi connectivity index (χ1) is 12.5. The third-order valence-electron chi connectivity index (χ3n) is 5.58. The molecule has 1 aliphatic heterocycles. The molecule has 142 valence electrons. The standard InChI is InChI=1S/C20H28N2O4/c1-13-8-16(19(23)24)12-22(11-13)20(25)21-10-15-5-3-4-14-9-17(26-2)6-7-18(14)15/h6-7,9,13,15-16H,3-5,8,10-12H2,1-2H3,(H,21,25)(H,23,24). The lowest BCUT2D eigenvalue weighted by molar-refractivity contribution is -0.143. The smallest absolute Gasteiger partial charge is 0.317 e. The Kier molecular flexibility index (Phi) is 5.69. The summed E-state index contributed by atoms with van der Waals surface area (Å²) in [7, 11) is 1.67. The number of carbonyl (C=O) groups excluding carboxylic acids is 1. The molecular formula is C20H28N2O4. The van der Waals surface area contributed by atoms with E-state index in [-0.39, 0.29) is 11.9 Å². The van der Waals surface area contributed by atoms with Crippen LogP contribution in [0.1, 0.15) is 43.2 Å². The predicted octanol–water partition coefficient (Wildman–Crippen LogP) is 2.87. The number of fused-ring (bicyclic) bond motifs is 1. The number of methoxy groups -OCH3 is 1. The first-order valence-electron chi connectivity index (χ1n) is 9.40. The number of rotatable bonds is 4. The second kappa shape index (κ2) is 7.98. The van der Waals surface area contributed by atoms with Gasteiger partial charge in [0.05, 0.1) is 13.0 Å². The van der Waals surface area contributed by atoms with Crippen molar-refractivity contribution in [2.24, 2.45) is 11.8 Å². The van der Waals surface area contributed by atoms with Crippen LogP contribution in [0.15, 0.2) is 18.2 Å². The average Bonchev–Trinajstić information content (AvgIpc) is 2.64. The molecular weight excluding hydrogens is 332 g/mol. The van der Waals surface area contributed by atoms with Crippen LogP contribution in [-0.4, -0.2) is 48.8 Å². The largest absolute Gasteiger partial charge is 0.497 e. The second-order valence-electron chi connectivity index (χ2n) is 7.62. The van der Waals surface area contributed by atoms with Crippen molar-refractivity contribution in [3.63, 3.8) is 0 Å². The molecule has 1 aliphatic carbocycles. The van der Waals surface area contributed by atoms with Crippen molar-refractivity contribution >= 4 is 12.0 Å². The topological polar surface area (TPSA) is 78.9 Å². The van der Waals surface area contributed by atoms with Crippen molar-refractivity contribution in [3.8, 4) is 5.75 Å². The lowest BCUT2D eigenvalue weighted by atomic mass is 9.82. The Morgan fingerprint density at radius 1 is 1.35 bits per heavy atom. The zero-order valence-electron chi connectivity index (χ0n) is 15.5. The number of hydrogen-bond acceptors (Lipinski definition) is 3. The van der Waals surface area contributed by atoms with E-state index in [1.807, 2.05) is 13.0 Å². The summed E-state index contributed by atoms with van der Waals surface area (Å²) in [5.41, 5.74) is 2.58. The molecule has 3 atom stereocenters. The van der Waals surface area contributed by atoms with E-state index in [2.05, 4.69) is 17.4 Å². The maximum atomic E-state index is 12.6. The molecule has 0 spiro atoms. The Morgan fingerprint density at radius 3 is 2.88 bits per heavy atom. The summed E-state index contributed by atoms with van der Waals surface area (Å²) in [4.78, 5) is 25.5. The van der Waals surface area contributed by atoms with Crippen LogP contribution in [0.3, 0.4) is 0 Å². The molecule has 1 saturated heterocycles. The minimum Gasteiger partial charge on any atom is -0.497 e. The number of benzene rings is 1. The maximum absolute atomic E-state index is 12.6. The number of nitrogens with one attached hydrogen (secondary N) is 1. The second-order valence-corrected chi connectivity index (χ2v) is 7.62. The van der Waals surface area contributed by atoms with Gasteiger partial charge in [0.25, 0.3) is 0 Å². The van der Waals surface area contributed by atoms with E-state index >= 15 is 0 Å². The summed E-state index contributed by atoms with van der Waals surface area (Å²) in [6.07, 6.45) is 3.83. The van der Waals surface area contributed by atoms with Gasteiger partial charge in [-0.1, -0.05) is 13.0 Å². The molecule has 26 heavy (non-hydrogen) atoms. The molecule has 0 bridgehead atoms. The van der Waals surface area contributed by atoms with E-state index in [9.17, 15) is 14.7 Å². The van der Waals surface area contributed by atoms with Gasteiger partial charge in [0.2, 0.25) is 0 Å². The number of hydrogen-bond donors (Lipinski definition) is 2. The zero-order valence-corrected chi connectivity index (χ0v) is 15.5. The Bertz CT molecular complexity index is 676. The van der Waals surface area contributed by atoms with Gasteiger partial charge in [-0.3, -0.25) is 4.79 Å². The highest BCUT2D eigenvalue weighted by molar-refractivity contribution is 5.76. The van der Waals surface area contributed by atoms with E-state index in [1.165, 1.54) is 11.1 Å². The van der Waals surface area contributed by atoms with Gasteiger partial charge in [0, 0.05) is 25.6 Å². The van der Waals surface area contributed by atoms with E-state index in [0.29, 0.717) is 32.0 Å². The molecule has 2 N–H and O–H groups in total. The van der Waals surface area contributed by atoms with Crippen molar-refractivity contribution in [1.82, 2.24) is 10.2 Å². The van der Waals surface area contributed by atoms with Gasteiger partial charge in [0.1, 0.15) is 5.75 Å². The average molecular weight is 360 g/mol. The predicted molar refractivity (Wildman–Crippen MR) is 98.6 cm³/mol. The van der Waals surface area contributed by atoms with E-state index < -0.39 is 11.9 Å². The SMILES string of the molecule is COc1ccc2c(c1)CCCC2CNC(=O)N1CC(C)CC(C(=O)O)C1. The van der Waals surface area contributed by atoms with Crippen molar-refractivity contribution in [2.45, 2.75) is 38.5 Å². The number of likely N-dealkylation sites (tertiary alicyclic amines) is 1. The van der Waals surface area contributed by atoms with Crippen molar-refractivity contribution in [3.05, 3.63) is 29.3 Å². The number of carboxylic acid groups (broad SMARTS) is 1. The maximum Gasteiger partial charge on any atom is 0.317 e. The first-order valence-corrected chi connectivity index (χ1v) is 9.40. The Morgan fingerprint density at radius 2 is 2.15 bits per heavy atom. The fourth-order valence-corrected chi connectivity index (χ4v) is 4.25. The van der Waals surface area contributed by atoms with Crippen molar-refractivity contribution in [1.29, 1.82) is 0 Å². The highest BCUT2D eigenvalue weighted by atomic mass is 16.5. The number of carbonyl (C=O) groups is 2. The lowest BCUT2D eigenvalue weighted by Crippen LogP contribution is -2.50. The molecule has 3 rings (SSSR count). The quantitative estimate of drug-likeness (QED) is 0.865. The normalized spacial score (nSPS) is 25.3. The molecule has 0 radical (unpaired) electrons. The van der Waals surface area contributed by atoms with Gasteiger partial charge >= 0.3 is 12.0 Å². The number of nitrogens with zero attached hydrogens (tertiary/aromatic N) is 1. The molecule has 3 unspecified atom stereocenters. The van der Waals surface area contributed by atoms with Gasteiger partial charge in [-0.15, -0.1) is 0 Å². The van der Waals surface area contributed by atoms with Crippen molar-refractivity contribution in [2.75, 3.05) is 26.7 Å². The Labute approximate surface area is 154 Å². The van der Waals surface area contributed by atoms with Crippen LogP contribution in [-0.2, 0) is 11.2 Å². The van der Waals surface area contributed by atoms with E-state index in [4.69, 9.17) is 4.74 Å². The van der Waals surface area contributed by atoms with Gasteiger partial charge in [-0.2, -0.15) is 0 Å². The van der Waals surface area contributed by atoms with Crippen LogP contribution >= 0.6 is 0 Å². The minimum absolute atomic E-state index is 0.150. The summed E-state index contributed by atoms with van der Waals surface area (Å²) < 4.78 is 5.31. The number of amides is 2. The van der Waals surface area contributed by atoms with Crippen LogP contribution in [0.5, 0.6) is 5.75 Å². The fraction of sp³-hybridized carbons (Fsp3) is 0.600. The van der Waals surface area contributed by atoms with E-state index in [1.54, 1.807) is 12.0 Å². The minimum atomic E-state index is -0.815. The molecule has 0 saturated carbocycles. The summed E-state index contributed by atoms with van der Waals surface area (Å²) >= 11 is 0. The van der Waals surface area contributed by atoms with Gasteiger partial charge in [0.15, 0.2) is 0 Å². The number of aryl methyl sites for hydroxylation is 1. The highest BCUT2D eigenvalue weighted by Gasteiger charge is 2.32. The van der Waals surface area contributed by atoms with Gasteiger partial charge < -0.3 is 20.1 Å². The molecule has 6 heteroatoms. The summed E-state index contributed by atoms with van der Waals surface area (Å²) in [6.45, 7) is 3.50. The third kappa shape index (κ3) is 4.11. The number of piperidine rings is 1. The molecule has 1 fully saturated rings. The van der Waals surface area contributed by atoms with Gasteiger partial charge in [-0.05, 0) is 54.9 Å². The van der Waals surface area contributed by atoms with Crippen molar-refractivity contribution < 1.29 is 19.4 Å². The molecule has 2 amide bonds. The summed E-state index contributed by atoms with van der Waals surface area (Å²) in [6, 6.07) is 6.02. The molecule has 1 heterocycles. The molecule has 1 aromatic carbocycles. The monoisotopic (exact) mass is 360 g/mol. The summed E-state index contributed by atoms with van der Waals surface area (Å²) in [5, 5.41) is 12.3.